The van der Waals surface area contributed by atoms with Crippen molar-refractivity contribution in [3.05, 3.63) is 59.9 Å². The Balaban J connectivity index is 1.23. The second-order valence-electron chi connectivity index (χ2n) is 8.57. The van der Waals surface area contributed by atoms with Crippen LogP contribution >= 0.6 is 0 Å². The Hall–Kier alpha value is -3.22. The van der Waals surface area contributed by atoms with Gasteiger partial charge in [0.25, 0.3) is 0 Å². The highest BCUT2D eigenvalue weighted by Crippen LogP contribution is 2.32. The topological polar surface area (TPSA) is 69.3 Å². The largest absolute Gasteiger partial charge is 0.342 e. The molecular weight excluding hydrogens is 395 g/mol. The van der Waals surface area contributed by atoms with Gasteiger partial charge in [0, 0.05) is 26.1 Å². The van der Waals surface area contributed by atoms with Gasteiger partial charge in [0.2, 0.25) is 11.8 Å². The molecular formula is C24H25FN4O2. The molecule has 6 nitrogen and oxygen atoms in total. The van der Waals surface area contributed by atoms with Crippen LogP contribution in [-0.2, 0) is 16.0 Å². The van der Waals surface area contributed by atoms with Crippen molar-refractivity contribution < 1.29 is 14.0 Å². The molecule has 2 saturated heterocycles. The number of nitrogens with zero attached hydrogens (tertiary/aromatic N) is 3. The number of anilines is 1. The van der Waals surface area contributed by atoms with E-state index in [0.717, 1.165) is 32.4 Å². The molecule has 160 valence electrons. The summed E-state index contributed by atoms with van der Waals surface area (Å²) in [7, 11) is 0. The molecule has 1 atom stereocenters. The van der Waals surface area contributed by atoms with Crippen molar-refractivity contribution in [1.29, 1.82) is 0 Å². The minimum atomic E-state index is -0.427. The van der Waals surface area contributed by atoms with Gasteiger partial charge in [-0.3, -0.25) is 19.6 Å². The third-order valence-electron chi connectivity index (χ3n) is 6.54. The van der Waals surface area contributed by atoms with Crippen LogP contribution in [0.15, 0.2) is 48.5 Å². The maximum atomic E-state index is 14.3. The highest BCUT2D eigenvalue weighted by Gasteiger charge is 2.39. The van der Waals surface area contributed by atoms with Crippen LogP contribution < -0.4 is 4.90 Å². The summed E-state index contributed by atoms with van der Waals surface area (Å²) in [6.45, 7) is 1.69. The van der Waals surface area contributed by atoms with Crippen molar-refractivity contribution in [3.8, 4) is 0 Å². The van der Waals surface area contributed by atoms with Crippen molar-refractivity contribution in [2.45, 2.75) is 25.7 Å². The second-order valence-corrected chi connectivity index (χ2v) is 8.57. The number of aromatic amines is 1. The van der Waals surface area contributed by atoms with Crippen LogP contribution in [0.25, 0.3) is 10.9 Å². The molecule has 31 heavy (non-hydrogen) atoms. The van der Waals surface area contributed by atoms with Crippen LogP contribution in [0, 0.1) is 17.7 Å². The molecule has 0 radical (unpaired) electrons. The lowest BCUT2D eigenvalue weighted by atomic mass is 9.89. The normalized spacial score (nSPS) is 20.0. The van der Waals surface area contributed by atoms with Gasteiger partial charge < -0.3 is 4.90 Å². The molecule has 2 fully saturated rings. The Labute approximate surface area is 180 Å². The standard InChI is InChI=1S/C24H25FN4O2/c25-19-7-4-8-20-22(19)23(27-26-20)29-15-18(14-21(29)30)24(31)28-11-9-17(10-12-28)13-16-5-2-1-3-6-16/h1-8,17-18H,9-15H2,(H,26,27)/t18-/m0/s1. The van der Waals surface area contributed by atoms with Gasteiger partial charge in [0.05, 0.1) is 16.8 Å². The van der Waals surface area contributed by atoms with E-state index in [0.29, 0.717) is 16.8 Å². The van der Waals surface area contributed by atoms with Crippen molar-refractivity contribution in [2.24, 2.45) is 11.8 Å². The zero-order valence-corrected chi connectivity index (χ0v) is 17.3. The van der Waals surface area contributed by atoms with E-state index in [-0.39, 0.29) is 30.6 Å². The van der Waals surface area contributed by atoms with Gasteiger partial charge in [0.15, 0.2) is 5.82 Å². The molecule has 0 saturated carbocycles. The lowest BCUT2D eigenvalue weighted by Gasteiger charge is -2.33. The number of piperidine rings is 1. The minimum absolute atomic E-state index is 0.0225. The van der Waals surface area contributed by atoms with Crippen molar-refractivity contribution >= 4 is 28.5 Å². The number of carbonyl (C=O) groups excluding carboxylic acids is 2. The summed E-state index contributed by atoms with van der Waals surface area (Å²) in [4.78, 5) is 29.1. The SMILES string of the molecule is O=C([C@H]1CC(=O)N(c2n[nH]c3cccc(F)c23)C1)N1CCC(Cc2ccccc2)CC1. The van der Waals surface area contributed by atoms with E-state index in [1.165, 1.54) is 16.5 Å². The molecule has 0 unspecified atom stereocenters. The molecule has 3 heterocycles. The summed E-state index contributed by atoms with van der Waals surface area (Å²) in [6, 6.07) is 15.1. The summed E-state index contributed by atoms with van der Waals surface area (Å²) >= 11 is 0. The first-order valence-electron chi connectivity index (χ1n) is 10.9. The van der Waals surface area contributed by atoms with E-state index < -0.39 is 11.7 Å². The molecule has 1 aromatic heterocycles. The number of halogens is 1. The Bertz CT molecular complexity index is 1110. The number of hydrogen-bond acceptors (Lipinski definition) is 3. The molecule has 0 aliphatic carbocycles. The van der Waals surface area contributed by atoms with E-state index in [2.05, 4.69) is 34.5 Å². The fourth-order valence-electron chi connectivity index (χ4n) is 4.85. The Morgan fingerprint density at radius 1 is 1.10 bits per heavy atom. The molecule has 7 heteroatoms. The maximum Gasteiger partial charge on any atom is 0.229 e. The molecule has 2 aliphatic rings. The molecule has 2 aromatic carbocycles. The third kappa shape index (κ3) is 3.80. The predicted octanol–water partition coefficient (Wildman–Crippen LogP) is 3.54. The molecule has 2 amide bonds. The first-order valence-corrected chi connectivity index (χ1v) is 10.9. The quantitative estimate of drug-likeness (QED) is 0.702. The lowest BCUT2D eigenvalue weighted by molar-refractivity contribution is -0.137. The summed E-state index contributed by atoms with van der Waals surface area (Å²) in [5.74, 6) is -0.147. The van der Waals surface area contributed by atoms with Crippen molar-refractivity contribution in [3.63, 3.8) is 0 Å². The summed E-state index contributed by atoms with van der Waals surface area (Å²) in [6.07, 6.45) is 3.13. The monoisotopic (exact) mass is 420 g/mol. The van der Waals surface area contributed by atoms with Gasteiger partial charge in [-0.25, -0.2) is 4.39 Å². The van der Waals surface area contributed by atoms with E-state index in [1.54, 1.807) is 12.1 Å². The van der Waals surface area contributed by atoms with E-state index >= 15 is 0 Å². The van der Waals surface area contributed by atoms with Gasteiger partial charge in [-0.1, -0.05) is 36.4 Å². The maximum absolute atomic E-state index is 14.3. The number of likely N-dealkylation sites (tertiary alicyclic amines) is 1. The number of aromatic nitrogens is 2. The number of amides is 2. The molecule has 1 N–H and O–H groups in total. The van der Waals surface area contributed by atoms with Crippen LogP contribution in [0.1, 0.15) is 24.8 Å². The van der Waals surface area contributed by atoms with Crippen LogP contribution in [0.3, 0.4) is 0 Å². The number of benzene rings is 2. The summed E-state index contributed by atoms with van der Waals surface area (Å²) in [5.41, 5.74) is 1.88. The van der Waals surface area contributed by atoms with Gasteiger partial charge in [-0.05, 0) is 42.9 Å². The van der Waals surface area contributed by atoms with E-state index in [4.69, 9.17) is 0 Å². The van der Waals surface area contributed by atoms with Gasteiger partial charge in [-0.15, -0.1) is 0 Å². The van der Waals surface area contributed by atoms with Gasteiger partial charge >= 0.3 is 0 Å². The number of hydrogen-bond donors (Lipinski definition) is 1. The lowest BCUT2D eigenvalue weighted by Crippen LogP contribution is -2.42. The fourth-order valence-corrected chi connectivity index (χ4v) is 4.85. The molecule has 3 aromatic rings. The Morgan fingerprint density at radius 2 is 1.87 bits per heavy atom. The average molecular weight is 420 g/mol. The average Bonchev–Trinajstić information content (AvgIpc) is 3.39. The van der Waals surface area contributed by atoms with Crippen LogP contribution in [0.2, 0.25) is 0 Å². The number of fused-ring (bicyclic) bond motifs is 1. The zero-order valence-electron chi connectivity index (χ0n) is 17.3. The minimum Gasteiger partial charge on any atom is -0.342 e. The fraction of sp³-hybridized carbons (Fsp3) is 0.375. The van der Waals surface area contributed by atoms with Crippen LogP contribution in [-0.4, -0.2) is 46.5 Å². The van der Waals surface area contributed by atoms with Crippen LogP contribution in [0.4, 0.5) is 10.2 Å². The van der Waals surface area contributed by atoms with Gasteiger partial charge in [0.1, 0.15) is 5.82 Å². The number of nitrogens with one attached hydrogen (secondary N) is 1. The van der Waals surface area contributed by atoms with Crippen molar-refractivity contribution in [1.82, 2.24) is 15.1 Å². The number of rotatable bonds is 4. The first kappa shape index (κ1) is 19.7. The highest BCUT2D eigenvalue weighted by atomic mass is 19.1. The molecule has 0 spiro atoms. The molecule has 2 aliphatic heterocycles. The summed E-state index contributed by atoms with van der Waals surface area (Å²) in [5, 5.41) is 7.24. The number of carbonyl (C=O) groups is 2. The Kier molecular flexibility index (Phi) is 5.18. The zero-order chi connectivity index (χ0) is 21.4. The summed E-state index contributed by atoms with van der Waals surface area (Å²) < 4.78 is 14.3. The van der Waals surface area contributed by atoms with E-state index in [1.807, 2.05) is 11.0 Å². The highest BCUT2D eigenvalue weighted by molar-refractivity contribution is 6.05. The predicted molar refractivity (Wildman–Crippen MR) is 116 cm³/mol. The Morgan fingerprint density at radius 3 is 2.65 bits per heavy atom. The molecule has 5 rings (SSSR count). The van der Waals surface area contributed by atoms with Crippen LogP contribution in [0.5, 0.6) is 0 Å². The van der Waals surface area contributed by atoms with Crippen molar-refractivity contribution in [2.75, 3.05) is 24.5 Å². The first-order chi connectivity index (χ1) is 15.1. The number of H-pyrrole nitrogens is 1. The third-order valence-corrected chi connectivity index (χ3v) is 6.54. The van der Waals surface area contributed by atoms with Gasteiger partial charge in [-0.2, -0.15) is 5.10 Å². The smallest absolute Gasteiger partial charge is 0.229 e. The van der Waals surface area contributed by atoms with E-state index in [9.17, 15) is 14.0 Å². The molecule has 0 bridgehead atoms. The second kappa shape index (κ2) is 8.13.